The Hall–Kier alpha value is -1.87. The lowest BCUT2D eigenvalue weighted by atomic mass is 10.0. The van der Waals surface area contributed by atoms with Gasteiger partial charge >= 0.3 is 0 Å². The number of guanidine groups is 1. The fourth-order valence-corrected chi connectivity index (χ4v) is 4.21. The Labute approximate surface area is 176 Å². The van der Waals surface area contributed by atoms with Crippen LogP contribution in [-0.2, 0) is 10.3 Å². The normalized spacial score (nSPS) is 19.0. The van der Waals surface area contributed by atoms with Crippen LogP contribution in [0.5, 0.6) is 0 Å². The van der Waals surface area contributed by atoms with Gasteiger partial charge in [-0.25, -0.2) is 4.99 Å². The van der Waals surface area contributed by atoms with Crippen molar-refractivity contribution in [1.82, 2.24) is 15.5 Å². The maximum absolute atomic E-state index is 10.8. The van der Waals surface area contributed by atoms with Crippen LogP contribution in [0.1, 0.15) is 36.3 Å². The van der Waals surface area contributed by atoms with Crippen LogP contribution >= 0.6 is 11.3 Å². The van der Waals surface area contributed by atoms with Crippen LogP contribution in [0, 0.1) is 6.92 Å². The minimum Gasteiger partial charge on any atom is -0.463 e. The predicted octanol–water partition coefficient (Wildman–Crippen LogP) is 2.49. The van der Waals surface area contributed by atoms with Gasteiger partial charge in [0.25, 0.3) is 0 Å². The molecule has 8 heteroatoms. The first-order valence-corrected chi connectivity index (χ1v) is 11.0. The number of ether oxygens (including phenoxy) is 1. The van der Waals surface area contributed by atoms with Crippen molar-refractivity contribution in [3.05, 3.63) is 46.0 Å². The maximum Gasteiger partial charge on any atom is 0.191 e. The van der Waals surface area contributed by atoms with Crippen LogP contribution in [-0.4, -0.2) is 61.9 Å². The number of aliphatic imine (C=N–C) groups is 1. The molecule has 2 atom stereocenters. The summed E-state index contributed by atoms with van der Waals surface area (Å²) in [6.45, 7) is 10.7. The molecule has 0 bridgehead atoms. The average molecular weight is 421 g/mol. The second-order valence-electron chi connectivity index (χ2n) is 7.44. The lowest BCUT2D eigenvalue weighted by Crippen LogP contribution is -2.46. The second kappa shape index (κ2) is 10.2. The van der Waals surface area contributed by atoms with Crippen molar-refractivity contribution in [2.24, 2.45) is 4.99 Å². The minimum atomic E-state index is -1.16. The molecule has 1 saturated heterocycles. The average Bonchev–Trinajstić information content (AvgIpc) is 3.39. The molecule has 0 spiro atoms. The maximum atomic E-state index is 10.8. The highest BCUT2D eigenvalue weighted by molar-refractivity contribution is 7.10. The standard InChI is InChI=1S/C21H32N4O3S/c1-4-22-20(24-15-21(3,26)19-8-7-16(2)28-19)23-14-17(18-6-5-13-29-18)25-9-11-27-12-10-25/h5-8,13,17,26H,4,9-12,14-15H2,1-3H3,(H2,22,23,24). The number of hydrogen-bond donors (Lipinski definition) is 3. The van der Waals surface area contributed by atoms with E-state index in [1.165, 1.54) is 4.88 Å². The molecule has 0 aromatic carbocycles. The number of nitrogens with one attached hydrogen (secondary N) is 2. The van der Waals surface area contributed by atoms with Crippen molar-refractivity contribution < 1.29 is 14.3 Å². The quantitative estimate of drug-likeness (QED) is 0.450. The van der Waals surface area contributed by atoms with Gasteiger partial charge in [0.05, 0.1) is 25.8 Å². The molecule has 29 heavy (non-hydrogen) atoms. The molecule has 1 aliphatic rings. The van der Waals surface area contributed by atoms with E-state index in [1.807, 2.05) is 19.9 Å². The molecule has 0 aliphatic carbocycles. The van der Waals surface area contributed by atoms with Gasteiger partial charge in [0.1, 0.15) is 17.1 Å². The topological polar surface area (TPSA) is 82.3 Å². The van der Waals surface area contributed by atoms with E-state index >= 15 is 0 Å². The Kier molecular flexibility index (Phi) is 7.71. The van der Waals surface area contributed by atoms with Crippen molar-refractivity contribution in [1.29, 1.82) is 0 Å². The first-order chi connectivity index (χ1) is 14.0. The minimum absolute atomic E-state index is 0.205. The third-order valence-electron chi connectivity index (χ3n) is 4.98. The molecule has 3 rings (SSSR count). The smallest absolute Gasteiger partial charge is 0.191 e. The van der Waals surface area contributed by atoms with Crippen molar-refractivity contribution in [3.63, 3.8) is 0 Å². The lowest BCUT2D eigenvalue weighted by molar-refractivity contribution is 0.0176. The van der Waals surface area contributed by atoms with Gasteiger partial charge in [0.15, 0.2) is 5.96 Å². The fourth-order valence-electron chi connectivity index (χ4n) is 3.35. The highest BCUT2D eigenvalue weighted by Crippen LogP contribution is 2.26. The third-order valence-corrected chi connectivity index (χ3v) is 5.95. The molecule has 2 unspecified atom stereocenters. The molecule has 1 aliphatic heterocycles. The van der Waals surface area contributed by atoms with Gasteiger partial charge in [-0.15, -0.1) is 11.3 Å². The number of aliphatic hydroxyl groups is 1. The third kappa shape index (κ3) is 6.05. The Morgan fingerprint density at radius 3 is 2.72 bits per heavy atom. The van der Waals surface area contributed by atoms with Crippen LogP contribution in [0.15, 0.2) is 39.1 Å². The summed E-state index contributed by atoms with van der Waals surface area (Å²) in [5.74, 6) is 1.99. The van der Waals surface area contributed by atoms with E-state index in [0.717, 1.165) is 45.2 Å². The fraction of sp³-hybridized carbons (Fsp3) is 0.571. The molecular formula is C21H32N4O3S. The summed E-state index contributed by atoms with van der Waals surface area (Å²) in [6.07, 6.45) is 0. The summed E-state index contributed by atoms with van der Waals surface area (Å²) >= 11 is 1.77. The number of furan rings is 1. The molecule has 3 heterocycles. The molecule has 2 aromatic heterocycles. The van der Waals surface area contributed by atoms with Gasteiger partial charge in [-0.05, 0) is 44.4 Å². The number of rotatable bonds is 8. The van der Waals surface area contributed by atoms with E-state index in [2.05, 4.69) is 38.0 Å². The van der Waals surface area contributed by atoms with Crippen molar-refractivity contribution in [2.75, 3.05) is 45.9 Å². The van der Waals surface area contributed by atoms with E-state index in [0.29, 0.717) is 11.7 Å². The predicted molar refractivity (Wildman–Crippen MR) is 116 cm³/mol. The molecule has 3 N–H and O–H groups in total. The number of thiophene rings is 1. The monoisotopic (exact) mass is 420 g/mol. The zero-order valence-corrected chi connectivity index (χ0v) is 18.3. The van der Waals surface area contributed by atoms with Gasteiger partial charge in [0.2, 0.25) is 0 Å². The van der Waals surface area contributed by atoms with Gasteiger partial charge in [-0.3, -0.25) is 4.90 Å². The van der Waals surface area contributed by atoms with Crippen molar-refractivity contribution >= 4 is 17.3 Å². The van der Waals surface area contributed by atoms with Crippen molar-refractivity contribution in [3.8, 4) is 0 Å². The summed E-state index contributed by atoms with van der Waals surface area (Å²) < 4.78 is 11.1. The molecule has 160 valence electrons. The summed E-state index contributed by atoms with van der Waals surface area (Å²) in [5.41, 5.74) is -1.16. The van der Waals surface area contributed by atoms with Crippen molar-refractivity contribution in [2.45, 2.75) is 32.4 Å². The molecule has 0 saturated carbocycles. The number of aryl methyl sites for hydroxylation is 1. The number of nitrogens with zero attached hydrogens (tertiary/aromatic N) is 2. The summed E-state index contributed by atoms with van der Waals surface area (Å²) in [6, 6.07) is 8.19. The van der Waals surface area contributed by atoms with Crippen LogP contribution in [0.3, 0.4) is 0 Å². The summed E-state index contributed by atoms with van der Waals surface area (Å²) in [4.78, 5) is 8.39. The molecule has 0 amide bonds. The van der Waals surface area contributed by atoms with Gasteiger partial charge in [-0.2, -0.15) is 0 Å². The summed E-state index contributed by atoms with van der Waals surface area (Å²) in [5, 5.41) is 19.6. The number of morpholine rings is 1. The molecule has 1 fully saturated rings. The van der Waals surface area contributed by atoms with Gasteiger partial charge < -0.3 is 24.9 Å². The highest BCUT2D eigenvalue weighted by Gasteiger charge is 2.27. The summed E-state index contributed by atoms with van der Waals surface area (Å²) in [7, 11) is 0. The zero-order valence-electron chi connectivity index (χ0n) is 17.5. The van der Waals surface area contributed by atoms with E-state index in [-0.39, 0.29) is 12.6 Å². The Morgan fingerprint density at radius 1 is 1.31 bits per heavy atom. The molecule has 2 aromatic rings. The van der Waals surface area contributed by atoms with E-state index in [9.17, 15) is 5.11 Å². The van der Waals surface area contributed by atoms with Crippen LogP contribution in [0.4, 0.5) is 0 Å². The first-order valence-electron chi connectivity index (χ1n) is 10.2. The second-order valence-corrected chi connectivity index (χ2v) is 8.42. The van der Waals surface area contributed by atoms with E-state index < -0.39 is 5.60 Å². The van der Waals surface area contributed by atoms with E-state index in [1.54, 1.807) is 24.3 Å². The Balaban J connectivity index is 1.67. The zero-order chi connectivity index (χ0) is 20.7. The lowest BCUT2D eigenvalue weighted by Gasteiger charge is -2.34. The highest BCUT2D eigenvalue weighted by atomic mass is 32.1. The molecule has 7 nitrogen and oxygen atoms in total. The molecule has 0 radical (unpaired) electrons. The van der Waals surface area contributed by atoms with Crippen LogP contribution in [0.25, 0.3) is 0 Å². The molecular weight excluding hydrogens is 388 g/mol. The Morgan fingerprint density at radius 2 is 2.10 bits per heavy atom. The first kappa shape index (κ1) is 21.8. The van der Waals surface area contributed by atoms with Gasteiger partial charge in [0, 0.05) is 31.1 Å². The van der Waals surface area contributed by atoms with E-state index in [4.69, 9.17) is 9.15 Å². The van der Waals surface area contributed by atoms with Gasteiger partial charge in [-0.1, -0.05) is 6.07 Å². The van der Waals surface area contributed by atoms with Crippen LogP contribution < -0.4 is 10.6 Å². The van der Waals surface area contributed by atoms with Crippen LogP contribution in [0.2, 0.25) is 0 Å². The number of hydrogen-bond acceptors (Lipinski definition) is 6. The largest absolute Gasteiger partial charge is 0.463 e. The Bertz CT molecular complexity index is 767. The SMILES string of the molecule is CCNC(=NCC(C)(O)c1ccc(C)o1)NCC(c1cccs1)N1CCOCC1.